The molecular formula is C15H18BrN3O. The van der Waals surface area contributed by atoms with E-state index in [1.54, 1.807) is 13.3 Å². The van der Waals surface area contributed by atoms with E-state index < -0.39 is 0 Å². The summed E-state index contributed by atoms with van der Waals surface area (Å²) in [5.41, 5.74) is 3.25. The Kier molecular flexibility index (Phi) is 4.84. The number of hydrogen-bond acceptors (Lipinski definition) is 4. The number of hydrogen-bond donors (Lipinski definition) is 1. The Morgan fingerprint density at radius 3 is 2.80 bits per heavy atom. The van der Waals surface area contributed by atoms with E-state index in [0.29, 0.717) is 6.54 Å². The number of rotatable bonds is 5. The summed E-state index contributed by atoms with van der Waals surface area (Å²) in [4.78, 5) is 6.23. The molecule has 1 N–H and O–H groups in total. The lowest BCUT2D eigenvalue weighted by molar-refractivity contribution is 0.414. The van der Waals surface area contributed by atoms with Crippen LogP contribution in [0.4, 0.5) is 11.4 Å². The predicted molar refractivity (Wildman–Crippen MR) is 86.6 cm³/mol. The second-order valence-electron chi connectivity index (χ2n) is 4.60. The summed E-state index contributed by atoms with van der Waals surface area (Å²) in [6.45, 7) is 0.699. The van der Waals surface area contributed by atoms with Crippen LogP contribution in [0.2, 0.25) is 0 Å². The summed E-state index contributed by atoms with van der Waals surface area (Å²) >= 11 is 3.56. The molecule has 1 aromatic heterocycles. The van der Waals surface area contributed by atoms with Crippen LogP contribution < -0.4 is 15.0 Å². The Bertz CT molecular complexity index is 587. The average molecular weight is 336 g/mol. The number of benzene rings is 1. The molecule has 20 heavy (non-hydrogen) atoms. The van der Waals surface area contributed by atoms with Crippen molar-refractivity contribution in [2.45, 2.75) is 6.54 Å². The van der Waals surface area contributed by atoms with Crippen LogP contribution in [-0.2, 0) is 6.54 Å². The fourth-order valence-corrected chi connectivity index (χ4v) is 2.30. The third-order valence-electron chi connectivity index (χ3n) is 3.00. The number of methoxy groups -OCH3 is 1. The number of nitrogens with one attached hydrogen (secondary N) is 1. The largest absolute Gasteiger partial charge is 0.497 e. The fourth-order valence-electron chi connectivity index (χ4n) is 1.92. The number of nitrogens with zero attached hydrogens (tertiary/aromatic N) is 2. The fraction of sp³-hybridized carbons (Fsp3) is 0.267. The molecule has 0 bridgehead atoms. The topological polar surface area (TPSA) is 37.4 Å². The van der Waals surface area contributed by atoms with E-state index in [9.17, 15) is 0 Å². The molecule has 0 aliphatic rings. The van der Waals surface area contributed by atoms with Crippen molar-refractivity contribution in [3.8, 4) is 5.75 Å². The molecule has 2 aromatic rings. The van der Waals surface area contributed by atoms with Crippen LogP contribution in [0.1, 0.15) is 5.56 Å². The SMILES string of the molecule is COc1ccc(Br)c(CNc2cnccc2N(C)C)c1. The van der Waals surface area contributed by atoms with Crippen LogP contribution in [0.15, 0.2) is 41.1 Å². The maximum absolute atomic E-state index is 5.25. The minimum atomic E-state index is 0.699. The first-order valence-electron chi connectivity index (χ1n) is 6.29. The van der Waals surface area contributed by atoms with E-state index in [2.05, 4.69) is 31.1 Å². The molecule has 0 fully saturated rings. The Morgan fingerprint density at radius 2 is 2.10 bits per heavy atom. The summed E-state index contributed by atoms with van der Waals surface area (Å²) in [6, 6.07) is 7.93. The lowest BCUT2D eigenvalue weighted by atomic mass is 10.2. The summed E-state index contributed by atoms with van der Waals surface area (Å²) in [5, 5.41) is 3.41. The smallest absolute Gasteiger partial charge is 0.119 e. The molecule has 1 aromatic carbocycles. The summed E-state index contributed by atoms with van der Waals surface area (Å²) < 4.78 is 6.31. The van der Waals surface area contributed by atoms with Gasteiger partial charge in [0.1, 0.15) is 5.75 Å². The van der Waals surface area contributed by atoms with Crippen LogP contribution >= 0.6 is 15.9 Å². The maximum atomic E-state index is 5.25. The highest BCUT2D eigenvalue weighted by Crippen LogP contribution is 2.26. The van der Waals surface area contributed by atoms with Gasteiger partial charge in [-0.25, -0.2) is 0 Å². The third-order valence-corrected chi connectivity index (χ3v) is 3.78. The van der Waals surface area contributed by atoms with Crippen molar-refractivity contribution in [1.82, 2.24) is 4.98 Å². The zero-order chi connectivity index (χ0) is 14.5. The van der Waals surface area contributed by atoms with Gasteiger partial charge in [0.05, 0.1) is 24.7 Å². The molecule has 4 nitrogen and oxygen atoms in total. The van der Waals surface area contributed by atoms with Gasteiger partial charge in [-0.05, 0) is 29.8 Å². The molecule has 1 heterocycles. The Morgan fingerprint density at radius 1 is 1.30 bits per heavy atom. The van der Waals surface area contributed by atoms with Gasteiger partial charge < -0.3 is 15.0 Å². The number of anilines is 2. The molecule has 0 saturated carbocycles. The van der Waals surface area contributed by atoms with Crippen molar-refractivity contribution in [3.63, 3.8) is 0 Å². The van der Waals surface area contributed by atoms with E-state index in [4.69, 9.17) is 4.74 Å². The Labute approximate surface area is 127 Å². The molecule has 0 aliphatic carbocycles. The normalized spacial score (nSPS) is 10.2. The highest BCUT2D eigenvalue weighted by atomic mass is 79.9. The van der Waals surface area contributed by atoms with Gasteiger partial charge in [0.2, 0.25) is 0 Å². The van der Waals surface area contributed by atoms with Crippen LogP contribution in [0.25, 0.3) is 0 Å². The van der Waals surface area contributed by atoms with Gasteiger partial charge in [-0.1, -0.05) is 15.9 Å². The Hall–Kier alpha value is -1.75. The summed E-state index contributed by atoms with van der Waals surface area (Å²) in [7, 11) is 5.70. The number of halogens is 1. The first kappa shape index (κ1) is 14.7. The molecular weight excluding hydrogens is 318 g/mol. The molecule has 106 valence electrons. The molecule has 0 aliphatic heterocycles. The summed E-state index contributed by atoms with van der Waals surface area (Å²) in [5.74, 6) is 0.851. The monoisotopic (exact) mass is 335 g/mol. The Balaban J connectivity index is 2.17. The van der Waals surface area contributed by atoms with E-state index in [-0.39, 0.29) is 0 Å². The molecule has 2 rings (SSSR count). The molecule has 0 radical (unpaired) electrons. The molecule has 0 unspecified atom stereocenters. The van der Waals surface area contributed by atoms with Crippen molar-refractivity contribution in [2.75, 3.05) is 31.4 Å². The van der Waals surface area contributed by atoms with Gasteiger partial charge in [-0.2, -0.15) is 0 Å². The molecule has 0 amide bonds. The van der Waals surface area contributed by atoms with Gasteiger partial charge in [0, 0.05) is 31.3 Å². The van der Waals surface area contributed by atoms with Crippen molar-refractivity contribution < 1.29 is 4.74 Å². The predicted octanol–water partition coefficient (Wildman–Crippen LogP) is 3.53. The highest BCUT2D eigenvalue weighted by molar-refractivity contribution is 9.10. The van der Waals surface area contributed by atoms with Crippen molar-refractivity contribution in [2.24, 2.45) is 0 Å². The third kappa shape index (κ3) is 3.42. The van der Waals surface area contributed by atoms with Gasteiger partial charge in [-0.15, -0.1) is 0 Å². The average Bonchev–Trinajstić information content (AvgIpc) is 2.46. The molecule has 5 heteroatoms. The molecule has 0 spiro atoms. The van der Waals surface area contributed by atoms with Gasteiger partial charge >= 0.3 is 0 Å². The van der Waals surface area contributed by atoms with Crippen LogP contribution in [0.5, 0.6) is 5.75 Å². The standard InChI is InChI=1S/C15H18BrN3O/c1-19(2)15-6-7-17-10-14(15)18-9-11-8-12(20-3)4-5-13(11)16/h4-8,10,18H,9H2,1-3H3. The zero-order valence-corrected chi connectivity index (χ0v) is 13.4. The van der Waals surface area contributed by atoms with Crippen molar-refractivity contribution in [3.05, 3.63) is 46.7 Å². The second-order valence-corrected chi connectivity index (χ2v) is 5.45. The zero-order valence-electron chi connectivity index (χ0n) is 11.9. The van der Waals surface area contributed by atoms with Gasteiger partial charge in [0.15, 0.2) is 0 Å². The number of ether oxygens (including phenoxy) is 1. The quantitative estimate of drug-likeness (QED) is 0.906. The first-order valence-corrected chi connectivity index (χ1v) is 7.08. The first-order chi connectivity index (χ1) is 9.61. The minimum Gasteiger partial charge on any atom is -0.497 e. The summed E-state index contributed by atoms with van der Waals surface area (Å²) in [6.07, 6.45) is 3.63. The number of aromatic nitrogens is 1. The van der Waals surface area contributed by atoms with E-state index >= 15 is 0 Å². The van der Waals surface area contributed by atoms with Crippen LogP contribution in [0, 0.1) is 0 Å². The van der Waals surface area contributed by atoms with E-state index in [0.717, 1.165) is 27.2 Å². The highest BCUT2D eigenvalue weighted by Gasteiger charge is 2.06. The lowest BCUT2D eigenvalue weighted by Gasteiger charge is -2.18. The molecule has 0 atom stereocenters. The maximum Gasteiger partial charge on any atom is 0.119 e. The van der Waals surface area contributed by atoms with Crippen LogP contribution in [0.3, 0.4) is 0 Å². The van der Waals surface area contributed by atoms with E-state index in [1.165, 1.54) is 0 Å². The lowest BCUT2D eigenvalue weighted by Crippen LogP contribution is -2.12. The second kappa shape index (κ2) is 6.61. The van der Waals surface area contributed by atoms with E-state index in [1.807, 2.05) is 44.6 Å². The van der Waals surface area contributed by atoms with Crippen LogP contribution in [-0.4, -0.2) is 26.2 Å². The molecule has 0 saturated heterocycles. The van der Waals surface area contributed by atoms with Crippen molar-refractivity contribution >= 4 is 27.3 Å². The number of pyridine rings is 1. The minimum absolute atomic E-state index is 0.699. The van der Waals surface area contributed by atoms with Gasteiger partial charge in [0.25, 0.3) is 0 Å². The van der Waals surface area contributed by atoms with Crippen molar-refractivity contribution in [1.29, 1.82) is 0 Å². The van der Waals surface area contributed by atoms with Gasteiger partial charge in [-0.3, -0.25) is 4.98 Å².